The molecule has 1 aromatic heterocycles. The van der Waals surface area contributed by atoms with Gasteiger partial charge in [-0.25, -0.2) is 18.4 Å². The van der Waals surface area contributed by atoms with E-state index >= 15 is 0 Å². The van der Waals surface area contributed by atoms with E-state index in [0.29, 0.717) is 17.7 Å². The lowest BCUT2D eigenvalue weighted by Gasteiger charge is -2.26. The first-order valence-electron chi connectivity index (χ1n) is 8.58. The first-order chi connectivity index (χ1) is 11.0. The number of sulfone groups is 1. The van der Waals surface area contributed by atoms with Gasteiger partial charge in [-0.3, -0.25) is 0 Å². The number of anilines is 1. The van der Waals surface area contributed by atoms with E-state index in [1.807, 2.05) is 0 Å². The van der Waals surface area contributed by atoms with E-state index in [2.05, 4.69) is 20.6 Å². The Balaban J connectivity index is 1.87. The zero-order chi connectivity index (χ0) is 16.3. The summed E-state index contributed by atoms with van der Waals surface area (Å²) in [7, 11) is -3.31. The Labute approximate surface area is 138 Å². The topological polar surface area (TPSA) is 84.0 Å². The predicted molar refractivity (Wildman–Crippen MR) is 90.5 cm³/mol. The van der Waals surface area contributed by atoms with Crippen LogP contribution in [-0.4, -0.2) is 43.8 Å². The second-order valence-corrected chi connectivity index (χ2v) is 8.72. The summed E-state index contributed by atoms with van der Waals surface area (Å²) in [6.07, 6.45) is 10.8. The first kappa shape index (κ1) is 16.6. The molecule has 2 fully saturated rings. The van der Waals surface area contributed by atoms with Crippen LogP contribution in [0.25, 0.3) is 0 Å². The molecule has 2 N–H and O–H groups in total. The molecule has 1 saturated heterocycles. The Bertz CT molecular complexity index is 635. The molecule has 1 atom stereocenters. The predicted octanol–water partition coefficient (Wildman–Crippen LogP) is 2.09. The molecular formula is C16H26N4O2S. The van der Waals surface area contributed by atoms with Crippen molar-refractivity contribution in [1.82, 2.24) is 15.3 Å². The quantitative estimate of drug-likeness (QED) is 0.874. The third-order valence-electron chi connectivity index (χ3n) is 4.80. The van der Waals surface area contributed by atoms with Gasteiger partial charge in [0.15, 0.2) is 9.84 Å². The Hall–Kier alpha value is -1.21. The van der Waals surface area contributed by atoms with Crippen LogP contribution < -0.4 is 10.6 Å². The number of aromatic nitrogens is 2. The first-order valence-corrected chi connectivity index (χ1v) is 10.5. The van der Waals surface area contributed by atoms with Crippen molar-refractivity contribution in [3.63, 3.8) is 0 Å². The van der Waals surface area contributed by atoms with Gasteiger partial charge in [-0.05, 0) is 32.2 Å². The van der Waals surface area contributed by atoms with Crippen molar-refractivity contribution in [3.8, 4) is 0 Å². The lowest BCUT2D eigenvalue weighted by Crippen LogP contribution is -2.30. The Kier molecular flexibility index (Phi) is 5.16. The minimum atomic E-state index is -3.31. The van der Waals surface area contributed by atoms with Gasteiger partial charge in [-0.15, -0.1) is 0 Å². The molecule has 1 aliphatic heterocycles. The zero-order valence-electron chi connectivity index (χ0n) is 13.7. The Morgan fingerprint density at radius 1 is 1.17 bits per heavy atom. The van der Waals surface area contributed by atoms with Gasteiger partial charge in [0.25, 0.3) is 0 Å². The molecule has 0 amide bonds. The number of piperidine rings is 1. The van der Waals surface area contributed by atoms with Crippen molar-refractivity contribution in [2.24, 2.45) is 0 Å². The van der Waals surface area contributed by atoms with Crippen LogP contribution in [-0.2, 0) is 9.84 Å². The highest BCUT2D eigenvalue weighted by Gasteiger charge is 2.25. The summed E-state index contributed by atoms with van der Waals surface area (Å²) < 4.78 is 24.2. The van der Waals surface area contributed by atoms with Crippen LogP contribution in [0.15, 0.2) is 11.1 Å². The maximum atomic E-state index is 12.1. The Morgan fingerprint density at radius 3 is 2.61 bits per heavy atom. The molecular weight excluding hydrogens is 312 g/mol. The number of hydrogen-bond donors (Lipinski definition) is 2. The summed E-state index contributed by atoms with van der Waals surface area (Å²) >= 11 is 0. The second-order valence-electron chi connectivity index (χ2n) is 6.74. The summed E-state index contributed by atoms with van der Waals surface area (Å²) in [6.45, 7) is 1.77. The summed E-state index contributed by atoms with van der Waals surface area (Å²) in [5, 5.41) is 6.74. The van der Waals surface area contributed by atoms with Crippen LogP contribution in [0.4, 0.5) is 5.95 Å². The molecule has 0 aromatic carbocycles. The lowest BCUT2D eigenvalue weighted by molar-refractivity contribution is 0.445. The zero-order valence-corrected chi connectivity index (χ0v) is 14.5. The van der Waals surface area contributed by atoms with Crippen molar-refractivity contribution in [1.29, 1.82) is 0 Å². The van der Waals surface area contributed by atoms with Crippen molar-refractivity contribution in [2.75, 3.05) is 24.7 Å². The molecule has 0 unspecified atom stereocenters. The largest absolute Gasteiger partial charge is 0.351 e. The number of hydrogen-bond acceptors (Lipinski definition) is 6. The van der Waals surface area contributed by atoms with Crippen molar-refractivity contribution in [3.05, 3.63) is 11.9 Å². The van der Waals surface area contributed by atoms with E-state index in [4.69, 9.17) is 0 Å². The van der Waals surface area contributed by atoms with Gasteiger partial charge in [0.2, 0.25) is 5.95 Å². The maximum absolute atomic E-state index is 12.1. The normalized spacial score (nSPS) is 23.6. The summed E-state index contributed by atoms with van der Waals surface area (Å²) in [4.78, 5) is 9.17. The SMILES string of the molecule is CS(=O)(=O)c1cnc(NC2CCCCC2)nc1[C@H]1CCCNC1. The average Bonchev–Trinajstić information content (AvgIpc) is 2.55. The Morgan fingerprint density at radius 2 is 1.96 bits per heavy atom. The minimum Gasteiger partial charge on any atom is -0.351 e. The van der Waals surface area contributed by atoms with Crippen molar-refractivity contribution < 1.29 is 8.42 Å². The van der Waals surface area contributed by atoms with E-state index in [1.165, 1.54) is 31.7 Å². The molecule has 1 saturated carbocycles. The van der Waals surface area contributed by atoms with E-state index in [9.17, 15) is 8.42 Å². The van der Waals surface area contributed by atoms with Crippen LogP contribution in [0.2, 0.25) is 0 Å². The highest BCUT2D eigenvalue weighted by molar-refractivity contribution is 7.90. The molecule has 1 aliphatic carbocycles. The number of nitrogens with zero attached hydrogens (tertiary/aromatic N) is 2. The highest BCUT2D eigenvalue weighted by atomic mass is 32.2. The average molecular weight is 338 g/mol. The van der Waals surface area contributed by atoms with Crippen molar-refractivity contribution in [2.45, 2.75) is 61.8 Å². The van der Waals surface area contributed by atoms with Gasteiger partial charge >= 0.3 is 0 Å². The molecule has 7 heteroatoms. The van der Waals surface area contributed by atoms with E-state index in [1.54, 1.807) is 0 Å². The van der Waals surface area contributed by atoms with E-state index in [-0.39, 0.29) is 10.8 Å². The summed E-state index contributed by atoms with van der Waals surface area (Å²) in [5.74, 6) is 0.716. The third-order valence-corrected chi connectivity index (χ3v) is 5.92. The van der Waals surface area contributed by atoms with Gasteiger partial charge in [0, 0.05) is 24.8 Å². The maximum Gasteiger partial charge on any atom is 0.223 e. The number of nitrogens with one attached hydrogen (secondary N) is 2. The standard InChI is InChI=1S/C16H26N4O2S/c1-23(21,22)14-11-18-16(19-13-7-3-2-4-8-13)20-15(14)12-6-5-9-17-10-12/h11-13,17H,2-10H2,1H3,(H,18,19,20)/t12-/m0/s1. The smallest absolute Gasteiger partial charge is 0.223 e. The second kappa shape index (κ2) is 7.13. The lowest BCUT2D eigenvalue weighted by atomic mass is 9.95. The van der Waals surface area contributed by atoms with Gasteiger partial charge < -0.3 is 10.6 Å². The molecule has 0 radical (unpaired) electrons. The molecule has 128 valence electrons. The fourth-order valence-corrected chi connectivity index (χ4v) is 4.38. The molecule has 2 heterocycles. The third kappa shape index (κ3) is 4.20. The van der Waals surface area contributed by atoms with Gasteiger partial charge in [0.05, 0.1) is 11.9 Å². The highest BCUT2D eigenvalue weighted by Crippen LogP contribution is 2.28. The van der Waals surface area contributed by atoms with Crippen molar-refractivity contribution >= 4 is 15.8 Å². The molecule has 1 aromatic rings. The molecule has 2 aliphatic rings. The monoisotopic (exact) mass is 338 g/mol. The van der Waals surface area contributed by atoms with Gasteiger partial charge in [0.1, 0.15) is 4.90 Å². The minimum absolute atomic E-state index is 0.142. The molecule has 23 heavy (non-hydrogen) atoms. The van der Waals surface area contributed by atoms with E-state index < -0.39 is 9.84 Å². The molecule has 6 nitrogen and oxygen atoms in total. The van der Waals surface area contributed by atoms with Crippen LogP contribution in [0, 0.1) is 0 Å². The van der Waals surface area contributed by atoms with Crippen LogP contribution in [0.1, 0.15) is 56.6 Å². The van der Waals surface area contributed by atoms with Crippen LogP contribution in [0.5, 0.6) is 0 Å². The van der Waals surface area contributed by atoms with E-state index in [0.717, 1.165) is 38.8 Å². The number of rotatable bonds is 4. The van der Waals surface area contributed by atoms with Crippen LogP contribution in [0.3, 0.4) is 0 Å². The molecule has 0 spiro atoms. The summed E-state index contributed by atoms with van der Waals surface area (Å²) in [6, 6.07) is 0.408. The fourth-order valence-electron chi connectivity index (χ4n) is 3.55. The molecule has 0 bridgehead atoms. The van der Waals surface area contributed by atoms with Crippen LogP contribution >= 0.6 is 0 Å². The fraction of sp³-hybridized carbons (Fsp3) is 0.750. The van der Waals surface area contributed by atoms with Gasteiger partial charge in [-0.1, -0.05) is 19.3 Å². The molecule has 3 rings (SSSR count). The summed E-state index contributed by atoms with van der Waals surface area (Å²) in [5.41, 5.74) is 0.674. The van der Waals surface area contributed by atoms with Gasteiger partial charge in [-0.2, -0.15) is 0 Å².